The van der Waals surface area contributed by atoms with Crippen molar-refractivity contribution >= 4 is 21.8 Å². The first-order valence-corrected chi connectivity index (χ1v) is 8.34. The number of nitrogens with two attached hydrogens (primary N) is 1. The lowest BCUT2D eigenvalue weighted by Gasteiger charge is -2.34. The third-order valence-corrected chi connectivity index (χ3v) is 4.14. The van der Waals surface area contributed by atoms with Gasteiger partial charge in [0.05, 0.1) is 12.6 Å². The summed E-state index contributed by atoms with van der Waals surface area (Å²) in [5.74, 6) is 0.0461. The molecule has 5 heteroatoms. The topological polar surface area (TPSA) is 58.4 Å². The summed E-state index contributed by atoms with van der Waals surface area (Å²) < 4.78 is 1.04. The first-order valence-electron chi connectivity index (χ1n) is 7.55. The van der Waals surface area contributed by atoms with Crippen molar-refractivity contribution in [2.24, 2.45) is 5.73 Å². The SMILES string of the molecule is CCNC(=O)CN(CC)C(c1ccc(Br)cc1)C(N)CC. The maximum absolute atomic E-state index is 11.9. The Kier molecular flexibility index (Phi) is 7.93. The van der Waals surface area contributed by atoms with E-state index in [1.165, 1.54) is 0 Å². The average Bonchev–Trinajstić information content (AvgIpc) is 2.48. The Morgan fingerprint density at radius 3 is 2.38 bits per heavy atom. The van der Waals surface area contributed by atoms with E-state index < -0.39 is 0 Å². The second-order valence-corrected chi connectivity index (χ2v) is 6.00. The van der Waals surface area contributed by atoms with Crippen LogP contribution in [0.25, 0.3) is 0 Å². The smallest absolute Gasteiger partial charge is 0.234 e. The standard InChI is InChI=1S/C16H26BrN3O/c1-4-14(18)16(12-7-9-13(17)10-8-12)20(6-3)11-15(21)19-5-2/h7-10,14,16H,4-6,11,18H2,1-3H3,(H,19,21). The molecule has 1 aromatic carbocycles. The molecule has 0 spiro atoms. The van der Waals surface area contributed by atoms with Gasteiger partial charge in [-0.3, -0.25) is 9.69 Å². The maximum atomic E-state index is 11.9. The van der Waals surface area contributed by atoms with Crippen molar-refractivity contribution in [3.05, 3.63) is 34.3 Å². The highest BCUT2D eigenvalue weighted by Crippen LogP contribution is 2.26. The number of rotatable bonds is 8. The molecule has 0 aliphatic carbocycles. The van der Waals surface area contributed by atoms with E-state index in [0.717, 1.165) is 23.0 Å². The summed E-state index contributed by atoms with van der Waals surface area (Å²) in [6, 6.07) is 8.24. The molecule has 118 valence electrons. The van der Waals surface area contributed by atoms with E-state index in [4.69, 9.17) is 5.73 Å². The van der Waals surface area contributed by atoms with Crippen LogP contribution in [0, 0.1) is 0 Å². The molecule has 0 saturated heterocycles. The molecule has 0 aliphatic heterocycles. The van der Waals surface area contributed by atoms with Gasteiger partial charge >= 0.3 is 0 Å². The zero-order chi connectivity index (χ0) is 15.8. The summed E-state index contributed by atoms with van der Waals surface area (Å²) in [7, 11) is 0. The third-order valence-electron chi connectivity index (χ3n) is 3.61. The van der Waals surface area contributed by atoms with Gasteiger partial charge in [0.1, 0.15) is 0 Å². The molecule has 1 amide bonds. The van der Waals surface area contributed by atoms with Gasteiger partial charge < -0.3 is 11.1 Å². The Labute approximate surface area is 136 Å². The minimum atomic E-state index is 0.000511. The number of carbonyl (C=O) groups is 1. The molecule has 1 aromatic rings. The van der Waals surface area contributed by atoms with Crippen LogP contribution in [0.4, 0.5) is 0 Å². The van der Waals surface area contributed by atoms with Gasteiger partial charge in [0.25, 0.3) is 0 Å². The molecule has 4 nitrogen and oxygen atoms in total. The summed E-state index contributed by atoms with van der Waals surface area (Å²) in [6.45, 7) is 7.88. The second-order valence-electron chi connectivity index (χ2n) is 5.09. The monoisotopic (exact) mass is 355 g/mol. The number of amides is 1. The number of nitrogens with one attached hydrogen (secondary N) is 1. The predicted molar refractivity (Wildman–Crippen MR) is 91.1 cm³/mol. The molecular formula is C16H26BrN3O. The van der Waals surface area contributed by atoms with Crippen LogP contribution >= 0.6 is 15.9 Å². The Balaban J connectivity index is 2.98. The van der Waals surface area contributed by atoms with Crippen molar-refractivity contribution < 1.29 is 4.79 Å². The van der Waals surface area contributed by atoms with E-state index in [0.29, 0.717) is 13.1 Å². The molecule has 0 bridgehead atoms. The predicted octanol–water partition coefficient (Wildman–Crippen LogP) is 2.69. The molecule has 0 radical (unpaired) electrons. The van der Waals surface area contributed by atoms with E-state index in [1.807, 2.05) is 19.1 Å². The molecule has 0 heterocycles. The molecule has 0 aliphatic rings. The van der Waals surface area contributed by atoms with Gasteiger partial charge in [-0.1, -0.05) is 41.9 Å². The molecule has 21 heavy (non-hydrogen) atoms. The lowest BCUT2D eigenvalue weighted by atomic mass is 9.96. The van der Waals surface area contributed by atoms with Crippen molar-refractivity contribution in [1.29, 1.82) is 0 Å². The molecule has 2 unspecified atom stereocenters. The van der Waals surface area contributed by atoms with Gasteiger partial charge in [-0.05, 0) is 37.6 Å². The minimum absolute atomic E-state index is 0.000511. The number of hydrogen-bond acceptors (Lipinski definition) is 3. The zero-order valence-corrected chi connectivity index (χ0v) is 14.7. The highest BCUT2D eigenvalue weighted by Gasteiger charge is 2.26. The van der Waals surface area contributed by atoms with Crippen LogP contribution in [-0.2, 0) is 4.79 Å². The van der Waals surface area contributed by atoms with Crippen molar-refractivity contribution in [3.63, 3.8) is 0 Å². The van der Waals surface area contributed by atoms with Crippen molar-refractivity contribution in [3.8, 4) is 0 Å². The van der Waals surface area contributed by atoms with Gasteiger partial charge in [0.15, 0.2) is 0 Å². The fourth-order valence-electron chi connectivity index (χ4n) is 2.46. The Bertz CT molecular complexity index is 436. The van der Waals surface area contributed by atoms with Crippen LogP contribution in [0.5, 0.6) is 0 Å². The number of nitrogens with zero attached hydrogens (tertiary/aromatic N) is 1. The highest BCUT2D eigenvalue weighted by molar-refractivity contribution is 9.10. The van der Waals surface area contributed by atoms with E-state index in [2.05, 4.69) is 52.1 Å². The Hall–Kier alpha value is -0.910. The van der Waals surface area contributed by atoms with Crippen molar-refractivity contribution in [2.45, 2.75) is 39.3 Å². The molecule has 1 rings (SSSR count). The zero-order valence-electron chi connectivity index (χ0n) is 13.1. The first kappa shape index (κ1) is 18.1. The number of carbonyl (C=O) groups excluding carboxylic acids is 1. The van der Waals surface area contributed by atoms with E-state index in [9.17, 15) is 4.79 Å². The Morgan fingerprint density at radius 1 is 1.29 bits per heavy atom. The molecule has 2 atom stereocenters. The highest BCUT2D eigenvalue weighted by atomic mass is 79.9. The lowest BCUT2D eigenvalue weighted by Crippen LogP contribution is -2.45. The van der Waals surface area contributed by atoms with Crippen LogP contribution < -0.4 is 11.1 Å². The fourth-order valence-corrected chi connectivity index (χ4v) is 2.72. The molecule has 0 fully saturated rings. The largest absolute Gasteiger partial charge is 0.355 e. The fraction of sp³-hybridized carbons (Fsp3) is 0.562. The maximum Gasteiger partial charge on any atom is 0.234 e. The summed E-state index contributed by atoms with van der Waals surface area (Å²) in [6.07, 6.45) is 0.868. The third kappa shape index (κ3) is 5.41. The van der Waals surface area contributed by atoms with Crippen LogP contribution in [0.2, 0.25) is 0 Å². The average molecular weight is 356 g/mol. The normalized spacial score (nSPS) is 14.0. The van der Waals surface area contributed by atoms with E-state index >= 15 is 0 Å². The molecule has 0 aromatic heterocycles. The molecule has 3 N–H and O–H groups in total. The van der Waals surface area contributed by atoms with Crippen LogP contribution in [-0.4, -0.2) is 36.5 Å². The van der Waals surface area contributed by atoms with Gasteiger partial charge in [-0.15, -0.1) is 0 Å². The van der Waals surface area contributed by atoms with Gasteiger partial charge in [0.2, 0.25) is 5.91 Å². The summed E-state index contributed by atoms with van der Waals surface area (Å²) >= 11 is 3.45. The van der Waals surface area contributed by atoms with Crippen molar-refractivity contribution in [1.82, 2.24) is 10.2 Å². The van der Waals surface area contributed by atoms with E-state index in [-0.39, 0.29) is 18.0 Å². The molecular weight excluding hydrogens is 330 g/mol. The first-order chi connectivity index (χ1) is 10.0. The number of likely N-dealkylation sites (N-methyl/N-ethyl adjacent to an activating group) is 2. The summed E-state index contributed by atoms with van der Waals surface area (Å²) in [5, 5.41) is 2.85. The summed E-state index contributed by atoms with van der Waals surface area (Å²) in [4.78, 5) is 14.1. The number of hydrogen-bond donors (Lipinski definition) is 2. The van der Waals surface area contributed by atoms with Gasteiger partial charge in [-0.2, -0.15) is 0 Å². The molecule has 0 saturated carbocycles. The van der Waals surface area contributed by atoms with E-state index in [1.54, 1.807) is 0 Å². The summed E-state index contributed by atoms with van der Waals surface area (Å²) in [5.41, 5.74) is 7.48. The quantitative estimate of drug-likeness (QED) is 0.753. The lowest BCUT2D eigenvalue weighted by molar-refractivity contribution is -0.122. The Morgan fingerprint density at radius 2 is 1.90 bits per heavy atom. The van der Waals surface area contributed by atoms with Crippen molar-refractivity contribution in [2.75, 3.05) is 19.6 Å². The van der Waals surface area contributed by atoms with Crippen LogP contribution in [0.3, 0.4) is 0 Å². The second kappa shape index (κ2) is 9.18. The van der Waals surface area contributed by atoms with Gasteiger partial charge in [0, 0.05) is 17.1 Å². The van der Waals surface area contributed by atoms with Crippen LogP contribution in [0.1, 0.15) is 38.8 Å². The number of benzene rings is 1. The van der Waals surface area contributed by atoms with Crippen LogP contribution in [0.15, 0.2) is 28.7 Å². The minimum Gasteiger partial charge on any atom is -0.355 e. The number of halogens is 1. The van der Waals surface area contributed by atoms with Gasteiger partial charge in [-0.25, -0.2) is 0 Å².